The van der Waals surface area contributed by atoms with Crippen LogP contribution < -0.4 is 0 Å². The van der Waals surface area contributed by atoms with Crippen LogP contribution in [-0.2, 0) is 0 Å². The number of hydrogen-bond acceptors (Lipinski definition) is 7. The Morgan fingerprint density at radius 3 is 1.15 bits per heavy atom. The lowest BCUT2D eigenvalue weighted by Gasteiger charge is -2.05. The Hall–Kier alpha value is -1.98. The standard InChI is InChI=1S/CF2N4O6/c2-4(3)1(5(8)9,6(10)11)7(12)13. The van der Waals surface area contributed by atoms with E-state index in [0.29, 0.717) is 0 Å². The van der Waals surface area contributed by atoms with E-state index in [9.17, 15) is 39.3 Å². The summed E-state index contributed by atoms with van der Waals surface area (Å²) in [5.41, 5.74) is 0. The normalized spacial score (nSPS) is 11.3. The average molecular weight is 202 g/mol. The maximum atomic E-state index is 11.6. The molecule has 0 saturated carbocycles. The van der Waals surface area contributed by atoms with E-state index in [4.69, 9.17) is 0 Å². The van der Waals surface area contributed by atoms with Gasteiger partial charge in [-0.1, -0.05) is 8.96 Å². The highest BCUT2D eigenvalue weighted by molar-refractivity contribution is 4.39. The molecule has 0 heterocycles. The quantitative estimate of drug-likeness (QED) is 0.259. The van der Waals surface area contributed by atoms with E-state index in [-0.39, 0.29) is 0 Å². The van der Waals surface area contributed by atoms with Crippen molar-refractivity contribution in [2.45, 2.75) is 5.91 Å². The first-order chi connectivity index (χ1) is 5.77. The van der Waals surface area contributed by atoms with E-state index in [1.54, 1.807) is 0 Å². The number of nitrogens with zero attached hydrogens (tertiary/aromatic N) is 4. The van der Waals surface area contributed by atoms with Crippen molar-refractivity contribution in [1.29, 1.82) is 0 Å². The Morgan fingerprint density at radius 1 is 0.923 bits per heavy atom. The second kappa shape index (κ2) is 3.18. The maximum absolute atomic E-state index is 11.6. The summed E-state index contributed by atoms with van der Waals surface area (Å²) in [6, 6.07) is 0. The van der Waals surface area contributed by atoms with Crippen LogP contribution >= 0.6 is 0 Å². The van der Waals surface area contributed by atoms with Crippen LogP contribution in [0.15, 0.2) is 0 Å². The number of rotatable bonds is 4. The minimum absolute atomic E-state index is 2.31. The van der Waals surface area contributed by atoms with E-state index < -0.39 is 26.0 Å². The zero-order valence-electron chi connectivity index (χ0n) is 5.49. The first-order valence-electron chi connectivity index (χ1n) is 2.33. The molecule has 0 bridgehead atoms. The minimum atomic E-state index is -4.83. The first-order valence-corrected chi connectivity index (χ1v) is 2.33. The third-order valence-corrected chi connectivity index (χ3v) is 0.962. The van der Waals surface area contributed by atoms with Crippen LogP contribution in [0.1, 0.15) is 0 Å². The maximum Gasteiger partial charge on any atom is 0.832 e. The monoisotopic (exact) mass is 202 g/mol. The molecule has 0 spiro atoms. The molecular weight excluding hydrogens is 202 g/mol. The van der Waals surface area contributed by atoms with Crippen LogP contribution in [-0.4, -0.2) is 26.0 Å². The largest absolute Gasteiger partial charge is 0.832 e. The molecule has 0 fully saturated rings. The van der Waals surface area contributed by atoms with Crippen molar-refractivity contribution < 1.29 is 23.7 Å². The summed E-state index contributed by atoms with van der Waals surface area (Å²) in [5, 5.41) is 26.6. The molecule has 0 aliphatic heterocycles. The van der Waals surface area contributed by atoms with Gasteiger partial charge in [0.1, 0.15) is 0 Å². The summed E-state index contributed by atoms with van der Waals surface area (Å²) in [6.45, 7) is 0. The lowest BCUT2D eigenvalue weighted by molar-refractivity contribution is -1.01. The fourth-order valence-electron chi connectivity index (χ4n) is 0.385. The van der Waals surface area contributed by atoms with Gasteiger partial charge in [0.05, 0.1) is 0 Å². The molecule has 0 N–H and O–H groups in total. The zero-order valence-corrected chi connectivity index (χ0v) is 5.49. The lowest BCUT2D eigenvalue weighted by Crippen LogP contribution is -2.60. The topological polar surface area (TPSA) is 133 Å². The van der Waals surface area contributed by atoms with Crippen molar-refractivity contribution in [3.63, 3.8) is 0 Å². The fraction of sp³-hybridized carbons (Fsp3) is 1.00. The summed E-state index contributed by atoms with van der Waals surface area (Å²) in [5.74, 6) is -4.83. The van der Waals surface area contributed by atoms with Crippen molar-refractivity contribution >= 4 is 0 Å². The molecule has 0 aromatic carbocycles. The van der Waals surface area contributed by atoms with Crippen LogP contribution in [0.2, 0.25) is 0 Å². The molecule has 74 valence electrons. The molecule has 0 amide bonds. The third kappa shape index (κ3) is 1.33. The molecule has 0 saturated heterocycles. The highest BCUT2D eigenvalue weighted by Crippen LogP contribution is 2.19. The Morgan fingerprint density at radius 2 is 1.15 bits per heavy atom. The van der Waals surface area contributed by atoms with Crippen LogP contribution in [0, 0.1) is 30.3 Å². The van der Waals surface area contributed by atoms with Crippen LogP contribution in [0.4, 0.5) is 8.96 Å². The van der Waals surface area contributed by atoms with Gasteiger partial charge in [-0.3, -0.25) is 30.3 Å². The third-order valence-electron chi connectivity index (χ3n) is 0.962. The van der Waals surface area contributed by atoms with Gasteiger partial charge in [0, 0.05) is 0 Å². The van der Waals surface area contributed by atoms with Crippen molar-refractivity contribution in [2.24, 2.45) is 0 Å². The smallest absolute Gasteiger partial charge is 0.251 e. The highest BCUT2D eigenvalue weighted by Gasteiger charge is 2.80. The minimum Gasteiger partial charge on any atom is -0.251 e. The van der Waals surface area contributed by atoms with E-state index >= 15 is 0 Å². The van der Waals surface area contributed by atoms with Crippen molar-refractivity contribution in [2.75, 3.05) is 0 Å². The summed E-state index contributed by atoms with van der Waals surface area (Å²) in [6.07, 6.45) is 0. The molecule has 0 aromatic rings. The predicted molar refractivity (Wildman–Crippen MR) is 27.8 cm³/mol. The van der Waals surface area contributed by atoms with Gasteiger partial charge in [-0.15, -0.1) is 0 Å². The molecule has 0 radical (unpaired) electrons. The summed E-state index contributed by atoms with van der Waals surface area (Å²) < 4.78 is 23.2. The number of hydrogen-bond donors (Lipinski definition) is 0. The Labute approximate surface area is 66.7 Å². The van der Waals surface area contributed by atoms with E-state index in [2.05, 4.69) is 0 Å². The summed E-state index contributed by atoms with van der Waals surface area (Å²) in [7, 11) is 0. The van der Waals surface area contributed by atoms with E-state index in [1.807, 2.05) is 0 Å². The molecular formula is CF2N4O6. The van der Waals surface area contributed by atoms with Gasteiger partial charge in [0.15, 0.2) is 14.8 Å². The molecule has 12 heteroatoms. The Kier molecular flexibility index (Phi) is 2.69. The van der Waals surface area contributed by atoms with E-state index in [0.717, 1.165) is 0 Å². The molecule has 0 aliphatic carbocycles. The molecule has 10 nitrogen and oxygen atoms in total. The van der Waals surface area contributed by atoms with Crippen molar-refractivity contribution in [1.82, 2.24) is 5.34 Å². The predicted octanol–water partition coefficient (Wildman–Crippen LogP) is -0.501. The fourth-order valence-corrected chi connectivity index (χ4v) is 0.385. The second-order valence-electron chi connectivity index (χ2n) is 1.60. The molecule has 0 rings (SSSR count). The lowest BCUT2D eigenvalue weighted by atomic mass is 10.7. The average Bonchev–Trinajstić information content (AvgIpc) is 1.82. The van der Waals surface area contributed by atoms with Crippen molar-refractivity contribution in [3.05, 3.63) is 30.3 Å². The van der Waals surface area contributed by atoms with Crippen molar-refractivity contribution in [3.8, 4) is 0 Å². The van der Waals surface area contributed by atoms with Crippen LogP contribution in [0.3, 0.4) is 0 Å². The summed E-state index contributed by atoms with van der Waals surface area (Å²) in [4.78, 5) is 22.3. The Bertz CT molecular complexity index is 227. The first kappa shape index (κ1) is 11.0. The van der Waals surface area contributed by atoms with Crippen LogP contribution in [0.5, 0.6) is 0 Å². The second-order valence-corrected chi connectivity index (χ2v) is 1.60. The van der Waals surface area contributed by atoms with Gasteiger partial charge >= 0.3 is 5.91 Å². The highest BCUT2D eigenvalue weighted by atomic mass is 19.4. The van der Waals surface area contributed by atoms with E-state index in [1.165, 1.54) is 0 Å². The molecule has 0 unspecified atom stereocenters. The molecule has 13 heavy (non-hydrogen) atoms. The van der Waals surface area contributed by atoms with Gasteiger partial charge in [0.2, 0.25) is 5.34 Å². The Balaban J connectivity index is 5.46. The summed E-state index contributed by atoms with van der Waals surface area (Å²) >= 11 is 0. The SMILES string of the molecule is O=[N+]([O-])C(N(F)F)([N+](=O)[O-])[N+](=O)[O-]. The molecule has 0 aliphatic rings. The van der Waals surface area contributed by atoms with Gasteiger partial charge < -0.3 is 0 Å². The van der Waals surface area contributed by atoms with Gasteiger partial charge in [-0.05, 0) is 0 Å². The number of nitro groups is 3. The van der Waals surface area contributed by atoms with Crippen LogP contribution in [0.25, 0.3) is 0 Å². The zero-order chi connectivity index (χ0) is 10.8. The molecule has 0 atom stereocenters. The molecule has 0 aromatic heterocycles. The van der Waals surface area contributed by atoms with Gasteiger partial charge in [0.25, 0.3) is 0 Å². The van der Waals surface area contributed by atoms with Gasteiger partial charge in [-0.25, -0.2) is 0 Å². The van der Waals surface area contributed by atoms with Gasteiger partial charge in [-0.2, -0.15) is 0 Å². The number of halogens is 2.